The molecule has 0 saturated carbocycles. The lowest BCUT2D eigenvalue weighted by atomic mass is 10.1. The Bertz CT molecular complexity index is 1140. The third-order valence-electron chi connectivity index (χ3n) is 3.85. The van der Waals surface area contributed by atoms with E-state index in [0.717, 1.165) is 14.3 Å². The molecular formula is C20H15NO7S3. The van der Waals surface area contributed by atoms with Crippen LogP contribution < -0.4 is 9.47 Å². The average Bonchev–Trinajstić information content (AvgIpc) is 3.18. The van der Waals surface area contributed by atoms with Gasteiger partial charge in [0.15, 0.2) is 0 Å². The van der Waals surface area contributed by atoms with E-state index in [1.807, 2.05) is 6.07 Å². The Balaban J connectivity index is 1.81. The van der Waals surface area contributed by atoms with Crippen LogP contribution in [0.25, 0.3) is 10.4 Å². The number of carbonyl (C=O) groups excluding carboxylic acids is 2. The van der Waals surface area contributed by atoms with Gasteiger partial charge in [0.25, 0.3) is 5.09 Å². The zero-order valence-corrected chi connectivity index (χ0v) is 18.3. The van der Waals surface area contributed by atoms with Crippen LogP contribution in [0.15, 0.2) is 54.6 Å². The van der Waals surface area contributed by atoms with E-state index in [1.54, 1.807) is 42.5 Å². The van der Waals surface area contributed by atoms with Crippen LogP contribution in [0.2, 0.25) is 0 Å². The van der Waals surface area contributed by atoms with Crippen molar-refractivity contribution in [2.24, 2.45) is 0 Å². The number of para-hydroxylation sites is 1. The first kappa shape index (κ1) is 22.5. The molecular weight excluding hydrogens is 462 g/mol. The lowest BCUT2D eigenvalue weighted by Gasteiger charge is -2.11. The lowest BCUT2D eigenvalue weighted by molar-refractivity contribution is -0.757. The highest BCUT2D eigenvalue weighted by Gasteiger charge is 2.19. The summed E-state index contributed by atoms with van der Waals surface area (Å²) < 4.78 is 11.5. The van der Waals surface area contributed by atoms with Crippen molar-refractivity contribution in [2.75, 3.05) is 6.61 Å². The Hall–Kier alpha value is -3.15. The van der Waals surface area contributed by atoms with Crippen molar-refractivity contribution in [3.05, 3.63) is 74.1 Å². The highest BCUT2D eigenvalue weighted by molar-refractivity contribution is 7.80. The molecule has 2 aromatic carbocycles. The van der Waals surface area contributed by atoms with E-state index in [4.69, 9.17) is 21.7 Å². The molecule has 1 heterocycles. The average molecular weight is 478 g/mol. The minimum absolute atomic E-state index is 0.0305. The molecule has 0 aliphatic rings. The van der Waals surface area contributed by atoms with Crippen LogP contribution in [0.1, 0.15) is 23.2 Å². The van der Waals surface area contributed by atoms with Gasteiger partial charge in [0.2, 0.25) is 0 Å². The summed E-state index contributed by atoms with van der Waals surface area (Å²) in [7, 11) is 2.90. The molecule has 0 amide bonds. The molecule has 31 heavy (non-hydrogen) atoms. The number of nitrogens with zero attached hydrogens (tertiary/aromatic N) is 1. The molecule has 0 saturated heterocycles. The number of benzene rings is 2. The molecule has 0 aliphatic heterocycles. The van der Waals surface area contributed by atoms with Crippen LogP contribution in [0.4, 0.5) is 0 Å². The maximum Gasteiger partial charge on any atom is 0.347 e. The standard InChI is InChI=1S/C20H15NO7S3/c22-18(7-4-10-26-21(24)25)28-16-11-13(17-12-19(29)31-30-17)8-9-15(16)20(23)27-14-5-2-1-3-6-14/h1-3,5-6,8-9,11-12H,4,7,10H2. The minimum Gasteiger partial charge on any atom is -0.426 e. The van der Waals surface area contributed by atoms with Gasteiger partial charge >= 0.3 is 11.9 Å². The van der Waals surface area contributed by atoms with E-state index in [-0.39, 0.29) is 30.8 Å². The second-order valence-electron chi connectivity index (χ2n) is 6.04. The topological polar surface area (TPSA) is 105 Å². The van der Waals surface area contributed by atoms with Crippen LogP contribution in [0.5, 0.6) is 11.5 Å². The van der Waals surface area contributed by atoms with Crippen LogP contribution in [-0.2, 0) is 9.63 Å². The molecule has 11 heteroatoms. The maximum atomic E-state index is 12.7. The Morgan fingerprint density at radius 1 is 1.03 bits per heavy atom. The van der Waals surface area contributed by atoms with Crippen molar-refractivity contribution in [1.82, 2.24) is 0 Å². The second kappa shape index (κ2) is 10.8. The van der Waals surface area contributed by atoms with E-state index in [9.17, 15) is 19.7 Å². The maximum absolute atomic E-state index is 12.7. The van der Waals surface area contributed by atoms with Gasteiger partial charge in [0, 0.05) is 11.3 Å². The second-order valence-corrected chi connectivity index (χ2v) is 8.95. The third-order valence-corrected chi connectivity index (χ3v) is 6.76. The largest absolute Gasteiger partial charge is 0.426 e. The number of ether oxygens (including phenoxy) is 2. The summed E-state index contributed by atoms with van der Waals surface area (Å²) >= 11 is 5.16. The molecule has 0 aliphatic carbocycles. The fourth-order valence-corrected chi connectivity index (χ4v) is 4.87. The molecule has 0 spiro atoms. The van der Waals surface area contributed by atoms with Crippen molar-refractivity contribution >= 4 is 44.8 Å². The molecule has 0 radical (unpaired) electrons. The summed E-state index contributed by atoms with van der Waals surface area (Å²) in [5.74, 6) is -0.962. The lowest BCUT2D eigenvalue weighted by Crippen LogP contribution is -2.15. The van der Waals surface area contributed by atoms with E-state index < -0.39 is 17.0 Å². The quantitative estimate of drug-likeness (QED) is 0.0776. The summed E-state index contributed by atoms with van der Waals surface area (Å²) in [4.78, 5) is 40.2. The fourth-order valence-electron chi connectivity index (χ4n) is 2.48. The minimum atomic E-state index is -0.929. The smallest absolute Gasteiger partial charge is 0.347 e. The number of rotatable bonds is 9. The third kappa shape index (κ3) is 6.67. The van der Waals surface area contributed by atoms with Crippen LogP contribution in [0, 0.1) is 13.9 Å². The van der Waals surface area contributed by atoms with Gasteiger partial charge in [-0.3, -0.25) is 4.79 Å². The van der Waals surface area contributed by atoms with Gasteiger partial charge in [0.1, 0.15) is 20.9 Å². The molecule has 1 aromatic heterocycles. The van der Waals surface area contributed by atoms with E-state index in [0.29, 0.717) is 5.75 Å². The first-order valence-electron chi connectivity index (χ1n) is 8.92. The van der Waals surface area contributed by atoms with Crippen molar-refractivity contribution in [3.63, 3.8) is 0 Å². The SMILES string of the molecule is O=C(CCCO[N+](=O)[O-])Oc1cc(-c2cc(=S)ss2)ccc1C(=O)Oc1ccccc1. The van der Waals surface area contributed by atoms with Gasteiger partial charge in [0.05, 0.1) is 6.61 Å². The van der Waals surface area contributed by atoms with E-state index in [1.165, 1.54) is 26.7 Å². The zero-order chi connectivity index (χ0) is 22.2. The highest BCUT2D eigenvalue weighted by atomic mass is 32.9. The van der Waals surface area contributed by atoms with Gasteiger partial charge in [-0.25, -0.2) is 4.79 Å². The zero-order valence-electron chi connectivity index (χ0n) is 15.8. The monoisotopic (exact) mass is 477 g/mol. The molecule has 0 fully saturated rings. The summed E-state index contributed by atoms with van der Waals surface area (Å²) in [5, 5.41) is 9.26. The van der Waals surface area contributed by atoms with Crippen molar-refractivity contribution in [2.45, 2.75) is 12.8 Å². The number of hydrogen-bond acceptors (Lipinski definition) is 10. The van der Waals surface area contributed by atoms with Crippen molar-refractivity contribution < 1.29 is 29.0 Å². The predicted octanol–water partition coefficient (Wildman–Crippen LogP) is 5.32. The van der Waals surface area contributed by atoms with Gasteiger partial charge in [-0.1, -0.05) is 57.2 Å². The molecule has 3 aromatic rings. The van der Waals surface area contributed by atoms with Gasteiger partial charge in [-0.2, -0.15) is 0 Å². The Morgan fingerprint density at radius 2 is 1.81 bits per heavy atom. The van der Waals surface area contributed by atoms with E-state index in [2.05, 4.69) is 4.84 Å². The van der Waals surface area contributed by atoms with Gasteiger partial charge in [-0.05, 0) is 42.3 Å². The first-order chi connectivity index (χ1) is 14.9. The molecule has 0 N–H and O–H groups in total. The van der Waals surface area contributed by atoms with E-state index >= 15 is 0 Å². The molecule has 3 rings (SSSR count). The Kier molecular flexibility index (Phi) is 7.82. The predicted molar refractivity (Wildman–Crippen MR) is 118 cm³/mol. The van der Waals surface area contributed by atoms with Crippen LogP contribution >= 0.6 is 32.9 Å². The highest BCUT2D eigenvalue weighted by Crippen LogP contribution is 2.33. The molecule has 160 valence electrons. The first-order valence-corrected chi connectivity index (χ1v) is 11.5. The summed E-state index contributed by atoms with van der Waals surface area (Å²) in [6, 6.07) is 15.1. The number of hydrogen-bond donors (Lipinski definition) is 0. The summed E-state index contributed by atoms with van der Waals surface area (Å²) in [6.07, 6.45) is -0.0299. The molecule has 0 bridgehead atoms. The van der Waals surface area contributed by atoms with Gasteiger partial charge < -0.3 is 14.3 Å². The number of esters is 2. The number of carbonyl (C=O) groups is 2. The Morgan fingerprint density at radius 3 is 2.48 bits per heavy atom. The van der Waals surface area contributed by atoms with Crippen molar-refractivity contribution in [1.29, 1.82) is 0 Å². The molecule has 0 atom stereocenters. The van der Waals surface area contributed by atoms with Crippen molar-refractivity contribution in [3.8, 4) is 21.9 Å². The van der Waals surface area contributed by atoms with Gasteiger partial charge in [-0.15, -0.1) is 10.1 Å². The normalized spacial score (nSPS) is 10.3. The summed E-state index contributed by atoms with van der Waals surface area (Å²) in [5.41, 5.74) is 0.800. The van der Waals surface area contributed by atoms with Crippen LogP contribution in [0.3, 0.4) is 0 Å². The fraction of sp³-hybridized carbons (Fsp3) is 0.150. The molecule has 0 unspecified atom stereocenters. The Labute approximate surface area is 189 Å². The van der Waals surface area contributed by atoms with Crippen LogP contribution in [-0.4, -0.2) is 23.6 Å². The molecule has 8 nitrogen and oxygen atoms in total. The summed E-state index contributed by atoms with van der Waals surface area (Å²) in [6.45, 7) is -0.233.